The van der Waals surface area contributed by atoms with E-state index in [1.165, 1.54) is 33.9 Å². The number of nitrogens with one attached hydrogen (secondary N) is 1. The minimum atomic E-state index is -0.324. The molecule has 0 aliphatic heterocycles. The minimum absolute atomic E-state index is 0.129. The highest BCUT2D eigenvalue weighted by Crippen LogP contribution is 2.17. The van der Waals surface area contributed by atoms with Gasteiger partial charge in [-0.2, -0.15) is 5.10 Å². The van der Waals surface area contributed by atoms with Gasteiger partial charge < -0.3 is 5.32 Å². The lowest BCUT2D eigenvalue weighted by Gasteiger charge is -2.08. The Morgan fingerprint density at radius 3 is 2.61 bits per heavy atom. The van der Waals surface area contributed by atoms with Gasteiger partial charge in [0.25, 0.3) is 11.1 Å². The smallest absolute Gasteiger partial charge is 0.266 e. The number of hydrogen-bond acceptors (Lipinski definition) is 5. The maximum atomic E-state index is 12.2. The third kappa shape index (κ3) is 5.14. The van der Waals surface area contributed by atoms with Crippen LogP contribution in [0.4, 0.5) is 0 Å². The standard InChI is InChI=1S/C19H18ClN5O3/c20-15-6-4-14(5-7-15)16-11-19(28)24(13-22-16)12-17(26)21-8-2-10-25-18(27)3-1-9-23-25/h1,3-7,9,11,13H,2,8,10,12H2,(H,21,26). The molecule has 3 rings (SSSR count). The summed E-state index contributed by atoms with van der Waals surface area (Å²) in [5.41, 5.74) is 0.768. The summed E-state index contributed by atoms with van der Waals surface area (Å²) < 4.78 is 2.56. The molecule has 3 aromatic rings. The number of aromatic nitrogens is 4. The van der Waals surface area contributed by atoms with Crippen LogP contribution in [0.3, 0.4) is 0 Å². The van der Waals surface area contributed by atoms with E-state index in [1.54, 1.807) is 30.3 Å². The lowest BCUT2D eigenvalue weighted by molar-refractivity contribution is -0.121. The maximum absolute atomic E-state index is 12.2. The molecule has 0 radical (unpaired) electrons. The molecule has 0 aliphatic rings. The Balaban J connectivity index is 1.52. The first-order chi connectivity index (χ1) is 13.5. The van der Waals surface area contributed by atoms with Gasteiger partial charge >= 0.3 is 0 Å². The van der Waals surface area contributed by atoms with E-state index in [4.69, 9.17) is 11.6 Å². The normalized spacial score (nSPS) is 10.6. The van der Waals surface area contributed by atoms with Gasteiger partial charge in [0.15, 0.2) is 0 Å². The van der Waals surface area contributed by atoms with Gasteiger partial charge in [-0.25, -0.2) is 9.67 Å². The second-order valence-electron chi connectivity index (χ2n) is 6.04. The van der Waals surface area contributed by atoms with Gasteiger partial charge in [0.2, 0.25) is 5.91 Å². The summed E-state index contributed by atoms with van der Waals surface area (Å²) in [5.74, 6) is -0.309. The van der Waals surface area contributed by atoms with E-state index < -0.39 is 0 Å². The average Bonchev–Trinajstić information content (AvgIpc) is 2.69. The van der Waals surface area contributed by atoms with Crippen LogP contribution in [0.5, 0.6) is 0 Å². The summed E-state index contributed by atoms with van der Waals surface area (Å²) in [6.45, 7) is 0.639. The fourth-order valence-electron chi connectivity index (χ4n) is 2.55. The lowest BCUT2D eigenvalue weighted by atomic mass is 10.1. The molecule has 28 heavy (non-hydrogen) atoms. The molecule has 2 aromatic heterocycles. The summed E-state index contributed by atoms with van der Waals surface area (Å²) in [7, 11) is 0. The molecule has 1 aromatic carbocycles. The van der Waals surface area contributed by atoms with Crippen molar-refractivity contribution < 1.29 is 4.79 Å². The molecular weight excluding hydrogens is 382 g/mol. The molecular formula is C19H18ClN5O3. The molecule has 0 aliphatic carbocycles. The molecule has 0 spiro atoms. The zero-order chi connectivity index (χ0) is 19.9. The van der Waals surface area contributed by atoms with E-state index in [1.807, 2.05) is 0 Å². The number of hydrogen-bond donors (Lipinski definition) is 1. The first-order valence-electron chi connectivity index (χ1n) is 8.64. The topological polar surface area (TPSA) is 98.9 Å². The van der Waals surface area contributed by atoms with Crippen molar-refractivity contribution in [3.63, 3.8) is 0 Å². The Hall–Kier alpha value is -3.26. The third-order valence-corrected chi connectivity index (χ3v) is 4.24. The SMILES string of the molecule is O=C(Cn1cnc(-c2ccc(Cl)cc2)cc1=O)NCCCn1ncccc1=O. The Morgan fingerprint density at radius 2 is 1.89 bits per heavy atom. The van der Waals surface area contributed by atoms with Crippen LogP contribution in [0, 0.1) is 0 Å². The van der Waals surface area contributed by atoms with Crippen LogP contribution < -0.4 is 16.4 Å². The zero-order valence-corrected chi connectivity index (χ0v) is 15.7. The molecule has 1 amide bonds. The van der Waals surface area contributed by atoms with Gasteiger partial charge in [-0.3, -0.25) is 19.0 Å². The number of carbonyl (C=O) groups is 1. The van der Waals surface area contributed by atoms with E-state index >= 15 is 0 Å². The highest BCUT2D eigenvalue weighted by atomic mass is 35.5. The van der Waals surface area contributed by atoms with Gasteiger partial charge in [-0.15, -0.1) is 0 Å². The first-order valence-corrected chi connectivity index (χ1v) is 9.02. The van der Waals surface area contributed by atoms with Gasteiger partial charge in [0.05, 0.1) is 12.0 Å². The predicted molar refractivity (Wildman–Crippen MR) is 105 cm³/mol. The second kappa shape index (κ2) is 9.09. The van der Waals surface area contributed by atoms with E-state index in [-0.39, 0.29) is 23.6 Å². The van der Waals surface area contributed by atoms with Crippen molar-refractivity contribution in [3.05, 3.63) is 80.7 Å². The fourth-order valence-corrected chi connectivity index (χ4v) is 2.67. The second-order valence-corrected chi connectivity index (χ2v) is 6.47. The van der Waals surface area contributed by atoms with Crippen LogP contribution >= 0.6 is 11.6 Å². The molecule has 9 heteroatoms. The van der Waals surface area contributed by atoms with Crippen molar-refractivity contribution >= 4 is 17.5 Å². The number of rotatable bonds is 7. The third-order valence-electron chi connectivity index (χ3n) is 3.99. The number of carbonyl (C=O) groups excluding carboxylic acids is 1. The van der Waals surface area contributed by atoms with Crippen LogP contribution in [0.15, 0.2) is 64.6 Å². The Labute approximate surface area is 165 Å². The average molecular weight is 400 g/mol. The summed E-state index contributed by atoms with van der Waals surface area (Å²) in [6.07, 6.45) is 3.43. The largest absolute Gasteiger partial charge is 0.354 e. The molecule has 0 fully saturated rings. The highest BCUT2D eigenvalue weighted by molar-refractivity contribution is 6.30. The highest BCUT2D eigenvalue weighted by Gasteiger charge is 2.07. The quantitative estimate of drug-likeness (QED) is 0.604. The first kappa shape index (κ1) is 19.5. The van der Waals surface area contributed by atoms with Crippen LogP contribution in [-0.2, 0) is 17.9 Å². The Morgan fingerprint density at radius 1 is 1.11 bits per heavy atom. The molecule has 8 nitrogen and oxygen atoms in total. The van der Waals surface area contributed by atoms with E-state index in [9.17, 15) is 14.4 Å². The van der Waals surface area contributed by atoms with E-state index in [0.29, 0.717) is 30.2 Å². The molecule has 144 valence electrons. The molecule has 0 saturated carbocycles. The number of nitrogens with zero attached hydrogens (tertiary/aromatic N) is 4. The summed E-state index contributed by atoms with van der Waals surface area (Å²) in [6, 6.07) is 11.4. The summed E-state index contributed by atoms with van der Waals surface area (Å²) in [5, 5.41) is 7.26. The fraction of sp³-hybridized carbons (Fsp3) is 0.211. The Kier molecular flexibility index (Phi) is 6.33. The van der Waals surface area contributed by atoms with Gasteiger partial charge in [-0.05, 0) is 24.6 Å². The van der Waals surface area contributed by atoms with Crippen LogP contribution in [0.2, 0.25) is 5.02 Å². The number of aryl methyl sites for hydroxylation is 1. The van der Waals surface area contributed by atoms with Crippen molar-refractivity contribution in [2.24, 2.45) is 0 Å². The maximum Gasteiger partial charge on any atom is 0.266 e. The van der Waals surface area contributed by atoms with Crippen molar-refractivity contribution in [3.8, 4) is 11.3 Å². The van der Waals surface area contributed by atoms with Crippen LogP contribution in [0.25, 0.3) is 11.3 Å². The van der Waals surface area contributed by atoms with Crippen molar-refractivity contribution in [2.75, 3.05) is 6.54 Å². The van der Waals surface area contributed by atoms with Crippen LogP contribution in [-0.4, -0.2) is 31.8 Å². The van der Waals surface area contributed by atoms with Gasteiger partial charge in [-0.1, -0.05) is 23.7 Å². The number of halogens is 1. The lowest BCUT2D eigenvalue weighted by Crippen LogP contribution is -2.33. The van der Waals surface area contributed by atoms with E-state index in [2.05, 4.69) is 15.4 Å². The molecule has 1 N–H and O–H groups in total. The van der Waals surface area contributed by atoms with Gasteiger partial charge in [0, 0.05) is 42.0 Å². The molecule has 0 unspecified atom stereocenters. The van der Waals surface area contributed by atoms with Crippen molar-refractivity contribution in [2.45, 2.75) is 19.5 Å². The summed E-state index contributed by atoms with van der Waals surface area (Å²) in [4.78, 5) is 40.0. The number of amides is 1. The molecule has 2 heterocycles. The van der Waals surface area contributed by atoms with Crippen LogP contribution in [0.1, 0.15) is 6.42 Å². The molecule has 0 atom stereocenters. The predicted octanol–water partition coefficient (Wildman–Crippen LogP) is 1.33. The molecule has 0 saturated heterocycles. The zero-order valence-electron chi connectivity index (χ0n) is 14.9. The van der Waals surface area contributed by atoms with Crippen molar-refractivity contribution in [1.82, 2.24) is 24.6 Å². The van der Waals surface area contributed by atoms with Crippen molar-refractivity contribution in [1.29, 1.82) is 0 Å². The Bertz CT molecular complexity index is 1080. The summed E-state index contributed by atoms with van der Waals surface area (Å²) >= 11 is 5.86. The minimum Gasteiger partial charge on any atom is -0.354 e. The number of benzene rings is 1. The van der Waals surface area contributed by atoms with Gasteiger partial charge in [0.1, 0.15) is 6.54 Å². The monoisotopic (exact) mass is 399 g/mol. The van der Waals surface area contributed by atoms with E-state index in [0.717, 1.165) is 5.56 Å². The molecule has 0 bridgehead atoms.